The van der Waals surface area contributed by atoms with E-state index in [-0.39, 0.29) is 5.56 Å². The molecule has 0 aliphatic carbocycles. The molecule has 74 valence electrons. The molecule has 0 fully saturated rings. The first kappa shape index (κ1) is 9.36. The summed E-state index contributed by atoms with van der Waals surface area (Å²) in [4.78, 5) is 16.8. The van der Waals surface area contributed by atoms with E-state index >= 15 is 0 Å². The second-order valence-corrected chi connectivity index (χ2v) is 3.95. The summed E-state index contributed by atoms with van der Waals surface area (Å²) in [5.41, 5.74) is 1.73. The second kappa shape index (κ2) is 3.51. The van der Waals surface area contributed by atoms with Crippen LogP contribution in [0.25, 0.3) is 4.96 Å². The highest BCUT2D eigenvalue weighted by atomic mass is 32.1. The number of aromatic nitrogens is 2. The van der Waals surface area contributed by atoms with Gasteiger partial charge in [-0.15, -0.1) is 11.3 Å². The predicted octanol–water partition coefficient (Wildman–Crippen LogP) is 0.784. The molecule has 0 radical (unpaired) electrons. The first-order chi connectivity index (χ1) is 6.72. The van der Waals surface area contributed by atoms with Crippen molar-refractivity contribution in [2.75, 3.05) is 7.05 Å². The molecule has 2 aromatic rings. The zero-order valence-electron chi connectivity index (χ0n) is 8.07. The van der Waals surface area contributed by atoms with E-state index in [4.69, 9.17) is 0 Å². The quantitative estimate of drug-likeness (QED) is 0.795. The molecular weight excluding hydrogens is 198 g/mol. The minimum atomic E-state index is -0.000926. The van der Waals surface area contributed by atoms with Gasteiger partial charge in [-0.3, -0.25) is 9.20 Å². The van der Waals surface area contributed by atoms with Crippen LogP contribution in [-0.4, -0.2) is 16.4 Å². The van der Waals surface area contributed by atoms with Crippen LogP contribution < -0.4 is 10.9 Å². The smallest absolute Gasteiger partial charge is 0.259 e. The molecule has 0 unspecified atom stereocenters. The average molecular weight is 209 g/mol. The van der Waals surface area contributed by atoms with Crippen LogP contribution in [0.4, 0.5) is 0 Å². The Morgan fingerprint density at radius 3 is 3.14 bits per heavy atom. The van der Waals surface area contributed by atoms with Crippen molar-refractivity contribution in [1.82, 2.24) is 14.7 Å². The van der Waals surface area contributed by atoms with Crippen LogP contribution in [0.3, 0.4) is 0 Å². The molecule has 2 aromatic heterocycles. The zero-order valence-corrected chi connectivity index (χ0v) is 8.89. The maximum atomic E-state index is 11.7. The van der Waals surface area contributed by atoms with Crippen molar-refractivity contribution < 1.29 is 0 Å². The molecule has 0 aliphatic rings. The third-order valence-corrected chi connectivity index (χ3v) is 2.93. The van der Waals surface area contributed by atoms with E-state index in [0.29, 0.717) is 6.54 Å². The monoisotopic (exact) mass is 209 g/mol. The second-order valence-electron chi connectivity index (χ2n) is 3.11. The van der Waals surface area contributed by atoms with Crippen molar-refractivity contribution in [2.24, 2.45) is 0 Å². The number of rotatable bonds is 2. The number of aryl methyl sites for hydroxylation is 1. The van der Waals surface area contributed by atoms with Gasteiger partial charge in [0.2, 0.25) is 0 Å². The molecule has 0 saturated heterocycles. The maximum Gasteiger partial charge on any atom is 0.259 e. The first-order valence-electron chi connectivity index (χ1n) is 4.34. The van der Waals surface area contributed by atoms with Crippen LogP contribution in [-0.2, 0) is 6.54 Å². The normalized spacial score (nSPS) is 11.0. The molecule has 0 amide bonds. The van der Waals surface area contributed by atoms with Crippen LogP contribution >= 0.6 is 11.3 Å². The van der Waals surface area contributed by atoms with Crippen molar-refractivity contribution in [2.45, 2.75) is 13.5 Å². The molecule has 0 bridgehead atoms. The molecule has 2 heterocycles. The van der Waals surface area contributed by atoms with Gasteiger partial charge >= 0.3 is 0 Å². The van der Waals surface area contributed by atoms with Gasteiger partial charge in [0.1, 0.15) is 0 Å². The van der Waals surface area contributed by atoms with E-state index < -0.39 is 0 Å². The van der Waals surface area contributed by atoms with Crippen molar-refractivity contribution in [1.29, 1.82) is 0 Å². The molecular formula is C9H11N3OS. The molecule has 0 atom stereocenters. The standard InChI is InChI=1S/C9H11N3OS/c1-6-5-14-9-11-7(4-10-2)3-8(13)12(6)9/h3,5,10H,4H2,1-2H3. The fourth-order valence-corrected chi connectivity index (χ4v) is 2.26. The molecule has 0 aromatic carbocycles. The van der Waals surface area contributed by atoms with Gasteiger partial charge in [-0.05, 0) is 14.0 Å². The Balaban J connectivity index is 2.68. The molecule has 14 heavy (non-hydrogen) atoms. The number of thiazole rings is 1. The van der Waals surface area contributed by atoms with Gasteiger partial charge in [0.05, 0.1) is 5.69 Å². The van der Waals surface area contributed by atoms with E-state index in [1.807, 2.05) is 19.4 Å². The fraction of sp³-hybridized carbons (Fsp3) is 0.333. The van der Waals surface area contributed by atoms with Crippen LogP contribution in [0.5, 0.6) is 0 Å². The van der Waals surface area contributed by atoms with Gasteiger partial charge in [0, 0.05) is 23.7 Å². The number of fused-ring (bicyclic) bond motifs is 1. The Kier molecular flexibility index (Phi) is 2.35. The Morgan fingerprint density at radius 2 is 2.43 bits per heavy atom. The van der Waals surface area contributed by atoms with Crippen molar-refractivity contribution in [3.63, 3.8) is 0 Å². The van der Waals surface area contributed by atoms with Crippen LogP contribution in [0, 0.1) is 6.92 Å². The lowest BCUT2D eigenvalue weighted by molar-refractivity contribution is 0.786. The van der Waals surface area contributed by atoms with Crippen molar-refractivity contribution in [3.05, 3.63) is 33.2 Å². The van der Waals surface area contributed by atoms with Crippen LogP contribution in [0.1, 0.15) is 11.4 Å². The molecule has 0 saturated carbocycles. The summed E-state index contributed by atoms with van der Waals surface area (Å²) >= 11 is 1.49. The van der Waals surface area contributed by atoms with Crippen molar-refractivity contribution in [3.8, 4) is 0 Å². The molecule has 0 aliphatic heterocycles. The number of nitrogens with zero attached hydrogens (tertiary/aromatic N) is 2. The maximum absolute atomic E-state index is 11.7. The lowest BCUT2D eigenvalue weighted by atomic mass is 10.4. The number of nitrogens with one attached hydrogen (secondary N) is 1. The first-order valence-corrected chi connectivity index (χ1v) is 5.21. The zero-order chi connectivity index (χ0) is 10.1. The fourth-order valence-electron chi connectivity index (χ4n) is 1.37. The highest BCUT2D eigenvalue weighted by Crippen LogP contribution is 2.11. The van der Waals surface area contributed by atoms with Gasteiger partial charge < -0.3 is 5.32 Å². The SMILES string of the molecule is CNCc1cc(=O)n2c(C)csc2n1. The highest BCUT2D eigenvalue weighted by Gasteiger charge is 2.04. The van der Waals surface area contributed by atoms with Crippen LogP contribution in [0.15, 0.2) is 16.2 Å². The Morgan fingerprint density at radius 1 is 1.64 bits per heavy atom. The predicted molar refractivity (Wildman–Crippen MR) is 56.8 cm³/mol. The summed E-state index contributed by atoms with van der Waals surface area (Å²) < 4.78 is 1.63. The van der Waals surface area contributed by atoms with Gasteiger partial charge in [0.15, 0.2) is 4.96 Å². The van der Waals surface area contributed by atoms with E-state index in [1.165, 1.54) is 11.3 Å². The number of hydrogen-bond donors (Lipinski definition) is 1. The topological polar surface area (TPSA) is 46.4 Å². The summed E-state index contributed by atoms with van der Waals surface area (Å²) in [6, 6.07) is 1.57. The lowest BCUT2D eigenvalue weighted by Gasteiger charge is -1.99. The minimum absolute atomic E-state index is 0.000926. The Labute approximate surface area is 85.2 Å². The van der Waals surface area contributed by atoms with Crippen molar-refractivity contribution >= 4 is 16.3 Å². The van der Waals surface area contributed by atoms with E-state index in [2.05, 4.69) is 10.3 Å². The summed E-state index contributed by atoms with van der Waals surface area (Å²) in [6.45, 7) is 2.53. The van der Waals surface area contributed by atoms with Crippen LogP contribution in [0.2, 0.25) is 0 Å². The molecule has 1 N–H and O–H groups in total. The highest BCUT2D eigenvalue weighted by molar-refractivity contribution is 7.15. The summed E-state index contributed by atoms with van der Waals surface area (Å²) in [5, 5.41) is 4.91. The third-order valence-electron chi connectivity index (χ3n) is 1.99. The van der Waals surface area contributed by atoms with Gasteiger partial charge in [-0.1, -0.05) is 0 Å². The molecule has 5 heteroatoms. The van der Waals surface area contributed by atoms with E-state index in [9.17, 15) is 4.79 Å². The lowest BCUT2D eigenvalue weighted by Crippen LogP contribution is -2.17. The van der Waals surface area contributed by atoms with E-state index in [1.54, 1.807) is 10.5 Å². The minimum Gasteiger partial charge on any atom is -0.314 e. The molecule has 4 nitrogen and oxygen atoms in total. The Bertz CT molecular complexity index is 514. The third kappa shape index (κ3) is 1.44. The van der Waals surface area contributed by atoms with Gasteiger partial charge in [-0.25, -0.2) is 4.98 Å². The van der Waals surface area contributed by atoms with Gasteiger partial charge in [-0.2, -0.15) is 0 Å². The average Bonchev–Trinajstić information content (AvgIpc) is 2.48. The summed E-state index contributed by atoms with van der Waals surface area (Å²) in [6.07, 6.45) is 0. The molecule has 0 spiro atoms. The molecule has 2 rings (SSSR count). The van der Waals surface area contributed by atoms with E-state index in [0.717, 1.165) is 16.3 Å². The summed E-state index contributed by atoms with van der Waals surface area (Å²) in [5.74, 6) is 0. The summed E-state index contributed by atoms with van der Waals surface area (Å²) in [7, 11) is 1.84. The Hall–Kier alpha value is -1.20. The van der Waals surface area contributed by atoms with Gasteiger partial charge in [0.25, 0.3) is 5.56 Å². The number of hydrogen-bond acceptors (Lipinski definition) is 4. The largest absolute Gasteiger partial charge is 0.314 e.